The lowest BCUT2D eigenvalue weighted by Gasteiger charge is -2.10. The SMILES string of the molecule is N#CC[C@H](N)c1cc(C#N)ccc1N. The van der Waals surface area contributed by atoms with Gasteiger partial charge in [-0.25, -0.2) is 0 Å². The fourth-order valence-corrected chi connectivity index (χ4v) is 1.17. The van der Waals surface area contributed by atoms with Crippen molar-refractivity contribution in [3.63, 3.8) is 0 Å². The van der Waals surface area contributed by atoms with E-state index in [1.165, 1.54) is 0 Å². The summed E-state index contributed by atoms with van der Waals surface area (Å²) in [4.78, 5) is 0. The topological polar surface area (TPSA) is 99.6 Å². The van der Waals surface area contributed by atoms with Crippen molar-refractivity contribution in [1.82, 2.24) is 0 Å². The maximum atomic E-state index is 8.67. The van der Waals surface area contributed by atoms with Crippen molar-refractivity contribution in [2.24, 2.45) is 5.73 Å². The van der Waals surface area contributed by atoms with Gasteiger partial charge >= 0.3 is 0 Å². The van der Waals surface area contributed by atoms with Crippen molar-refractivity contribution < 1.29 is 0 Å². The van der Waals surface area contributed by atoms with E-state index in [2.05, 4.69) is 0 Å². The van der Waals surface area contributed by atoms with Crippen LogP contribution >= 0.6 is 0 Å². The molecule has 1 aromatic rings. The minimum atomic E-state index is -0.423. The molecule has 0 aliphatic heterocycles. The predicted molar refractivity (Wildman–Crippen MR) is 52.7 cm³/mol. The summed E-state index contributed by atoms with van der Waals surface area (Å²) < 4.78 is 0. The molecule has 1 rings (SSSR count). The van der Waals surface area contributed by atoms with E-state index in [9.17, 15) is 0 Å². The van der Waals surface area contributed by atoms with Gasteiger partial charge in [-0.05, 0) is 23.8 Å². The Labute approximate surface area is 82.4 Å². The standard InChI is InChI=1S/C10H10N4/c11-4-3-10(14)8-5-7(6-12)1-2-9(8)13/h1-2,5,10H,3,13-14H2/t10-/m0/s1. The second kappa shape index (κ2) is 4.27. The monoisotopic (exact) mass is 186 g/mol. The second-order valence-corrected chi connectivity index (χ2v) is 2.92. The van der Waals surface area contributed by atoms with Gasteiger partial charge in [0.05, 0.1) is 24.1 Å². The molecule has 0 aromatic heterocycles. The zero-order chi connectivity index (χ0) is 10.6. The predicted octanol–water partition coefficient (Wildman–Crippen LogP) is 1.05. The van der Waals surface area contributed by atoms with E-state index in [0.717, 1.165) is 0 Å². The highest BCUT2D eigenvalue weighted by Crippen LogP contribution is 2.21. The smallest absolute Gasteiger partial charge is 0.0991 e. The Bertz CT molecular complexity index is 411. The van der Waals surface area contributed by atoms with E-state index in [0.29, 0.717) is 16.8 Å². The van der Waals surface area contributed by atoms with Crippen molar-refractivity contribution in [3.8, 4) is 12.1 Å². The van der Waals surface area contributed by atoms with Gasteiger partial charge in [0, 0.05) is 11.7 Å². The number of hydrogen-bond acceptors (Lipinski definition) is 4. The van der Waals surface area contributed by atoms with Gasteiger partial charge in [0.15, 0.2) is 0 Å². The van der Waals surface area contributed by atoms with Gasteiger partial charge in [-0.2, -0.15) is 10.5 Å². The summed E-state index contributed by atoms with van der Waals surface area (Å²) in [7, 11) is 0. The Kier molecular flexibility index (Phi) is 3.06. The quantitative estimate of drug-likeness (QED) is 0.674. The van der Waals surface area contributed by atoms with Crippen LogP contribution in [0, 0.1) is 22.7 Å². The number of benzene rings is 1. The van der Waals surface area contributed by atoms with Crippen LogP contribution < -0.4 is 11.5 Å². The molecule has 14 heavy (non-hydrogen) atoms. The van der Waals surface area contributed by atoms with Crippen LogP contribution in [0.3, 0.4) is 0 Å². The zero-order valence-corrected chi connectivity index (χ0v) is 7.57. The summed E-state index contributed by atoms with van der Waals surface area (Å²) in [5.41, 5.74) is 13.1. The molecule has 0 aliphatic carbocycles. The Morgan fingerprint density at radius 2 is 2.07 bits per heavy atom. The number of rotatable bonds is 2. The minimum Gasteiger partial charge on any atom is -0.398 e. The normalized spacial score (nSPS) is 11.4. The first kappa shape index (κ1) is 10.0. The summed E-state index contributed by atoms with van der Waals surface area (Å²) in [6, 6.07) is 8.42. The number of anilines is 1. The summed E-state index contributed by atoms with van der Waals surface area (Å²) in [6.07, 6.45) is 0.194. The van der Waals surface area contributed by atoms with Gasteiger partial charge in [0.25, 0.3) is 0 Å². The highest BCUT2D eigenvalue weighted by molar-refractivity contribution is 5.52. The molecule has 0 bridgehead atoms. The molecule has 0 saturated carbocycles. The molecule has 4 heteroatoms. The van der Waals surface area contributed by atoms with Crippen LogP contribution in [0.25, 0.3) is 0 Å². The molecule has 1 atom stereocenters. The fourth-order valence-electron chi connectivity index (χ4n) is 1.17. The summed E-state index contributed by atoms with van der Waals surface area (Å²) >= 11 is 0. The lowest BCUT2D eigenvalue weighted by Crippen LogP contribution is -2.11. The van der Waals surface area contributed by atoms with Gasteiger partial charge in [-0.3, -0.25) is 0 Å². The molecule has 0 unspecified atom stereocenters. The molecule has 0 heterocycles. The lowest BCUT2D eigenvalue weighted by atomic mass is 10.0. The third kappa shape index (κ3) is 2.01. The third-order valence-electron chi connectivity index (χ3n) is 1.93. The number of nitrogens with zero attached hydrogens (tertiary/aromatic N) is 2. The van der Waals surface area contributed by atoms with Gasteiger partial charge in [-0.15, -0.1) is 0 Å². The maximum absolute atomic E-state index is 8.67. The first-order valence-electron chi connectivity index (χ1n) is 4.11. The highest BCUT2D eigenvalue weighted by Gasteiger charge is 2.09. The van der Waals surface area contributed by atoms with Gasteiger partial charge in [0.2, 0.25) is 0 Å². The van der Waals surface area contributed by atoms with Crippen molar-refractivity contribution in [1.29, 1.82) is 10.5 Å². The molecule has 0 amide bonds. The van der Waals surface area contributed by atoms with Crippen molar-refractivity contribution in [2.75, 3.05) is 5.73 Å². The molecule has 1 aromatic carbocycles. The lowest BCUT2D eigenvalue weighted by molar-refractivity contribution is 0.751. The van der Waals surface area contributed by atoms with Crippen LogP contribution in [0.15, 0.2) is 18.2 Å². The molecule has 0 aliphatic rings. The summed E-state index contributed by atoms with van der Waals surface area (Å²) in [5, 5.41) is 17.1. The van der Waals surface area contributed by atoms with E-state index in [4.69, 9.17) is 22.0 Å². The minimum absolute atomic E-state index is 0.194. The third-order valence-corrected chi connectivity index (χ3v) is 1.93. The van der Waals surface area contributed by atoms with Gasteiger partial charge in [-0.1, -0.05) is 0 Å². The first-order valence-corrected chi connectivity index (χ1v) is 4.11. The van der Waals surface area contributed by atoms with E-state index >= 15 is 0 Å². The molecule has 0 radical (unpaired) electrons. The Morgan fingerprint density at radius 3 is 2.64 bits per heavy atom. The highest BCUT2D eigenvalue weighted by atomic mass is 14.7. The fraction of sp³-hybridized carbons (Fsp3) is 0.200. The van der Waals surface area contributed by atoms with Gasteiger partial charge < -0.3 is 11.5 Å². The van der Waals surface area contributed by atoms with Crippen molar-refractivity contribution in [2.45, 2.75) is 12.5 Å². The van der Waals surface area contributed by atoms with E-state index in [1.54, 1.807) is 18.2 Å². The molecule has 4 N–H and O–H groups in total. The van der Waals surface area contributed by atoms with E-state index < -0.39 is 6.04 Å². The number of nitrogens with two attached hydrogens (primary N) is 2. The maximum Gasteiger partial charge on any atom is 0.0991 e. The average molecular weight is 186 g/mol. The first-order chi connectivity index (χ1) is 6.69. The number of nitriles is 2. The molecular weight excluding hydrogens is 176 g/mol. The zero-order valence-electron chi connectivity index (χ0n) is 7.57. The molecule has 0 spiro atoms. The summed E-state index contributed by atoms with van der Waals surface area (Å²) in [6.45, 7) is 0. The Morgan fingerprint density at radius 1 is 1.36 bits per heavy atom. The molecule has 70 valence electrons. The second-order valence-electron chi connectivity index (χ2n) is 2.92. The van der Waals surface area contributed by atoms with Crippen LogP contribution in [0.2, 0.25) is 0 Å². The van der Waals surface area contributed by atoms with Crippen LogP contribution in [0.5, 0.6) is 0 Å². The molecular formula is C10H10N4. The van der Waals surface area contributed by atoms with E-state index in [-0.39, 0.29) is 6.42 Å². The van der Waals surface area contributed by atoms with Crippen molar-refractivity contribution in [3.05, 3.63) is 29.3 Å². The van der Waals surface area contributed by atoms with Crippen molar-refractivity contribution >= 4 is 5.69 Å². The Balaban J connectivity index is 3.08. The van der Waals surface area contributed by atoms with Crippen LogP contribution in [0.4, 0.5) is 5.69 Å². The molecule has 0 fully saturated rings. The summed E-state index contributed by atoms with van der Waals surface area (Å²) in [5.74, 6) is 0. The Hall–Kier alpha value is -2.04. The van der Waals surface area contributed by atoms with E-state index in [1.807, 2.05) is 12.1 Å². The number of hydrogen-bond donors (Lipinski definition) is 2. The van der Waals surface area contributed by atoms with Crippen LogP contribution in [0.1, 0.15) is 23.6 Å². The van der Waals surface area contributed by atoms with Gasteiger partial charge in [0.1, 0.15) is 0 Å². The number of nitrogen functional groups attached to an aromatic ring is 1. The van der Waals surface area contributed by atoms with Crippen LogP contribution in [-0.4, -0.2) is 0 Å². The molecule has 0 saturated heterocycles. The largest absolute Gasteiger partial charge is 0.398 e. The average Bonchev–Trinajstić information content (AvgIpc) is 2.19. The molecule has 4 nitrogen and oxygen atoms in total. The van der Waals surface area contributed by atoms with Crippen LogP contribution in [-0.2, 0) is 0 Å².